The molecule has 3 N–H and O–H groups in total. The Morgan fingerprint density at radius 1 is 1.40 bits per heavy atom. The summed E-state index contributed by atoms with van der Waals surface area (Å²) in [6.07, 6.45) is 2.21. The minimum Gasteiger partial charge on any atom is -0.397 e. The maximum absolute atomic E-state index is 11.9. The van der Waals surface area contributed by atoms with Gasteiger partial charge in [-0.25, -0.2) is 9.97 Å². The van der Waals surface area contributed by atoms with Crippen LogP contribution in [0.2, 0.25) is 0 Å². The van der Waals surface area contributed by atoms with Crippen molar-refractivity contribution >= 4 is 39.0 Å². The average molecular weight is 349 g/mol. The molecule has 2 heterocycles. The number of rotatable bonds is 4. The second-order valence-electron chi connectivity index (χ2n) is 6.09. The van der Waals surface area contributed by atoms with Crippen LogP contribution >= 0.6 is 11.3 Å². The van der Waals surface area contributed by atoms with Crippen molar-refractivity contribution in [3.63, 3.8) is 0 Å². The van der Waals surface area contributed by atoms with E-state index < -0.39 is 0 Å². The number of thiophene rings is 1. The SMILES string of the molecule is CC(=O)c1sc2nc(NC3CC3)nc(-c3cccc(C#N)c3)c2c1N. The Kier molecular flexibility index (Phi) is 3.62. The number of Topliss-reactive ketones (excluding diaryl/α,β-unsaturated/α-hetero) is 1. The van der Waals surface area contributed by atoms with Gasteiger partial charge in [0.2, 0.25) is 5.95 Å². The molecular weight excluding hydrogens is 334 g/mol. The summed E-state index contributed by atoms with van der Waals surface area (Å²) in [6, 6.07) is 9.74. The fraction of sp³-hybridized carbons (Fsp3) is 0.222. The van der Waals surface area contributed by atoms with Crippen LogP contribution in [0.25, 0.3) is 21.5 Å². The molecule has 0 bridgehead atoms. The first kappa shape index (κ1) is 15.5. The number of hydrogen-bond donors (Lipinski definition) is 2. The van der Waals surface area contributed by atoms with E-state index in [0.29, 0.717) is 44.0 Å². The third-order valence-corrected chi connectivity index (χ3v) is 5.28. The zero-order chi connectivity index (χ0) is 17.6. The highest BCUT2D eigenvalue weighted by molar-refractivity contribution is 7.21. The predicted molar refractivity (Wildman–Crippen MR) is 98.6 cm³/mol. The summed E-state index contributed by atoms with van der Waals surface area (Å²) in [6.45, 7) is 1.49. The summed E-state index contributed by atoms with van der Waals surface area (Å²) >= 11 is 1.28. The molecule has 1 fully saturated rings. The molecule has 6 nitrogen and oxygen atoms in total. The molecule has 4 rings (SSSR count). The third kappa shape index (κ3) is 2.81. The number of nitrogens with zero attached hydrogens (tertiary/aromatic N) is 3. The number of fused-ring (bicyclic) bond motifs is 1. The van der Waals surface area contributed by atoms with Gasteiger partial charge in [-0.05, 0) is 25.0 Å². The molecule has 0 atom stereocenters. The minimum atomic E-state index is -0.0890. The molecular formula is C18H15N5OS. The van der Waals surface area contributed by atoms with Gasteiger partial charge in [0, 0.05) is 18.5 Å². The lowest BCUT2D eigenvalue weighted by molar-refractivity contribution is 0.102. The Hall–Kier alpha value is -2.98. The van der Waals surface area contributed by atoms with Gasteiger partial charge in [0.05, 0.1) is 33.3 Å². The lowest BCUT2D eigenvalue weighted by atomic mass is 10.1. The first-order chi connectivity index (χ1) is 12.1. The first-order valence-corrected chi connectivity index (χ1v) is 8.76. The number of carbonyl (C=O) groups is 1. The normalized spacial score (nSPS) is 13.6. The van der Waals surface area contributed by atoms with Gasteiger partial charge in [-0.1, -0.05) is 12.1 Å². The third-order valence-electron chi connectivity index (χ3n) is 4.08. The van der Waals surface area contributed by atoms with E-state index >= 15 is 0 Å². The van der Waals surface area contributed by atoms with Crippen molar-refractivity contribution in [2.24, 2.45) is 0 Å². The highest BCUT2D eigenvalue weighted by atomic mass is 32.1. The van der Waals surface area contributed by atoms with Crippen molar-refractivity contribution in [2.75, 3.05) is 11.1 Å². The monoisotopic (exact) mass is 349 g/mol. The Balaban J connectivity index is 1.98. The van der Waals surface area contributed by atoms with Crippen molar-refractivity contribution < 1.29 is 4.79 Å². The lowest BCUT2D eigenvalue weighted by Gasteiger charge is -2.08. The van der Waals surface area contributed by atoms with Crippen molar-refractivity contribution in [3.8, 4) is 17.3 Å². The summed E-state index contributed by atoms with van der Waals surface area (Å²) in [7, 11) is 0. The average Bonchev–Trinajstić information content (AvgIpc) is 3.36. The van der Waals surface area contributed by atoms with Gasteiger partial charge < -0.3 is 11.1 Å². The molecule has 0 radical (unpaired) electrons. The molecule has 0 amide bonds. The second-order valence-corrected chi connectivity index (χ2v) is 7.09. The van der Waals surface area contributed by atoms with Gasteiger partial charge in [0.1, 0.15) is 4.83 Å². The molecule has 2 aromatic heterocycles. The van der Waals surface area contributed by atoms with Gasteiger partial charge >= 0.3 is 0 Å². The molecule has 124 valence electrons. The van der Waals surface area contributed by atoms with E-state index in [1.54, 1.807) is 12.1 Å². The van der Waals surface area contributed by atoms with Crippen molar-refractivity contribution in [2.45, 2.75) is 25.8 Å². The van der Waals surface area contributed by atoms with E-state index in [-0.39, 0.29) is 5.78 Å². The Labute approximate surface area is 148 Å². The molecule has 0 spiro atoms. The predicted octanol–water partition coefficient (Wildman–Crippen LogP) is 3.59. The van der Waals surface area contributed by atoms with Crippen LogP contribution in [0.15, 0.2) is 24.3 Å². The molecule has 0 aliphatic heterocycles. The van der Waals surface area contributed by atoms with Crippen LogP contribution in [0.5, 0.6) is 0 Å². The molecule has 3 aromatic rings. The van der Waals surface area contributed by atoms with Crippen LogP contribution in [0.1, 0.15) is 35.0 Å². The number of nitrogen functional groups attached to an aromatic ring is 1. The fourth-order valence-electron chi connectivity index (χ4n) is 2.70. The number of anilines is 2. The lowest BCUT2D eigenvalue weighted by Crippen LogP contribution is -2.06. The van der Waals surface area contributed by atoms with Gasteiger partial charge in [-0.3, -0.25) is 4.79 Å². The Morgan fingerprint density at radius 3 is 2.88 bits per heavy atom. The summed E-state index contributed by atoms with van der Waals surface area (Å²) < 4.78 is 0. The number of nitrogens with two attached hydrogens (primary N) is 1. The summed E-state index contributed by atoms with van der Waals surface area (Å²) in [4.78, 5) is 22.2. The maximum atomic E-state index is 11.9. The highest BCUT2D eigenvalue weighted by Gasteiger charge is 2.25. The van der Waals surface area contributed by atoms with Crippen LogP contribution < -0.4 is 11.1 Å². The number of nitriles is 1. The molecule has 1 aliphatic carbocycles. The quantitative estimate of drug-likeness (QED) is 0.697. The number of nitrogens with one attached hydrogen (secondary N) is 1. The number of benzene rings is 1. The number of carbonyl (C=O) groups excluding carboxylic acids is 1. The number of aromatic nitrogens is 2. The standard InChI is InChI=1S/C18H15N5OS/c1-9(24)16-14(20)13-15(11-4-2-3-10(7-11)8-19)22-18(21-12-5-6-12)23-17(13)25-16/h2-4,7,12H,5-6,20H2,1H3,(H,21,22,23). The number of hydrogen-bond acceptors (Lipinski definition) is 7. The second kappa shape index (κ2) is 5.83. The summed E-state index contributed by atoms with van der Waals surface area (Å²) in [5.41, 5.74) is 8.61. The topological polar surface area (TPSA) is 105 Å². The summed E-state index contributed by atoms with van der Waals surface area (Å²) in [5.74, 6) is 0.442. The van der Waals surface area contributed by atoms with E-state index in [1.807, 2.05) is 12.1 Å². The van der Waals surface area contributed by atoms with Gasteiger partial charge in [-0.15, -0.1) is 11.3 Å². The van der Waals surface area contributed by atoms with E-state index in [9.17, 15) is 10.1 Å². The Morgan fingerprint density at radius 2 is 2.20 bits per heavy atom. The molecule has 1 aliphatic rings. The van der Waals surface area contributed by atoms with Crippen molar-refractivity contribution in [1.29, 1.82) is 5.26 Å². The molecule has 0 saturated heterocycles. The van der Waals surface area contributed by atoms with Gasteiger partial charge in [-0.2, -0.15) is 5.26 Å². The number of ketones is 1. The van der Waals surface area contributed by atoms with E-state index in [4.69, 9.17) is 5.73 Å². The zero-order valence-corrected chi connectivity index (χ0v) is 14.4. The fourth-order valence-corrected chi connectivity index (χ4v) is 3.69. The van der Waals surface area contributed by atoms with Crippen LogP contribution in [0, 0.1) is 11.3 Å². The summed E-state index contributed by atoms with van der Waals surface area (Å²) in [5, 5.41) is 13.1. The Bertz CT molecular complexity index is 1050. The molecule has 1 saturated carbocycles. The minimum absolute atomic E-state index is 0.0890. The van der Waals surface area contributed by atoms with Gasteiger partial charge in [0.25, 0.3) is 0 Å². The smallest absolute Gasteiger partial charge is 0.224 e. The highest BCUT2D eigenvalue weighted by Crippen LogP contribution is 2.39. The largest absolute Gasteiger partial charge is 0.397 e. The van der Waals surface area contributed by atoms with Crippen molar-refractivity contribution in [3.05, 3.63) is 34.7 Å². The van der Waals surface area contributed by atoms with Gasteiger partial charge in [0.15, 0.2) is 5.78 Å². The molecule has 0 unspecified atom stereocenters. The van der Waals surface area contributed by atoms with Crippen LogP contribution in [-0.4, -0.2) is 21.8 Å². The van der Waals surface area contributed by atoms with Crippen LogP contribution in [-0.2, 0) is 0 Å². The maximum Gasteiger partial charge on any atom is 0.224 e. The van der Waals surface area contributed by atoms with E-state index in [2.05, 4.69) is 21.4 Å². The molecule has 25 heavy (non-hydrogen) atoms. The molecule has 7 heteroatoms. The first-order valence-electron chi connectivity index (χ1n) is 7.95. The van der Waals surface area contributed by atoms with E-state index in [0.717, 1.165) is 18.4 Å². The van der Waals surface area contributed by atoms with Crippen LogP contribution in [0.4, 0.5) is 11.6 Å². The molecule has 1 aromatic carbocycles. The zero-order valence-electron chi connectivity index (χ0n) is 13.5. The van der Waals surface area contributed by atoms with E-state index in [1.165, 1.54) is 18.3 Å². The van der Waals surface area contributed by atoms with Crippen LogP contribution in [0.3, 0.4) is 0 Å². The van der Waals surface area contributed by atoms with Crippen molar-refractivity contribution in [1.82, 2.24) is 9.97 Å².